The van der Waals surface area contributed by atoms with Crippen LogP contribution in [-0.4, -0.2) is 43.8 Å². The van der Waals surface area contributed by atoms with E-state index in [1.165, 1.54) is 6.08 Å². The summed E-state index contributed by atoms with van der Waals surface area (Å²) in [4.78, 5) is 24.7. The summed E-state index contributed by atoms with van der Waals surface area (Å²) in [5, 5.41) is 0. The van der Waals surface area contributed by atoms with Gasteiger partial charge >= 0.3 is 5.97 Å². The molecule has 0 spiro atoms. The van der Waals surface area contributed by atoms with Crippen LogP contribution in [0.15, 0.2) is 42.5 Å². The highest BCUT2D eigenvalue weighted by atomic mass is 16.6. The normalized spacial score (nSPS) is 11.8. The van der Waals surface area contributed by atoms with Gasteiger partial charge in [-0.05, 0) is 71.9 Å². The number of ketones is 1. The molecule has 2 rings (SSSR count). The Morgan fingerprint density at radius 1 is 0.853 bits per heavy atom. The van der Waals surface area contributed by atoms with Gasteiger partial charge in [0, 0.05) is 17.2 Å². The first-order valence-electron chi connectivity index (χ1n) is 10.9. The predicted molar refractivity (Wildman–Crippen MR) is 131 cm³/mol. The highest BCUT2D eigenvalue weighted by Crippen LogP contribution is 2.37. The van der Waals surface area contributed by atoms with Crippen LogP contribution in [0.25, 0.3) is 6.08 Å². The van der Waals surface area contributed by atoms with Gasteiger partial charge in [0.2, 0.25) is 0 Å². The predicted octanol–water partition coefficient (Wildman–Crippen LogP) is 5.50. The number of allylic oxidation sites excluding steroid dienone is 1. The second-order valence-electron chi connectivity index (χ2n) is 9.56. The Balaban J connectivity index is 2.22. The van der Waals surface area contributed by atoms with Crippen molar-refractivity contribution < 1.29 is 33.3 Å². The molecule has 0 N–H and O–H groups in total. The Hall–Kier alpha value is -3.48. The molecule has 184 valence electrons. The number of methoxy groups -OCH3 is 2. The monoisotopic (exact) mass is 470 g/mol. The average Bonchev–Trinajstić information content (AvgIpc) is 2.74. The van der Waals surface area contributed by atoms with E-state index in [1.807, 2.05) is 20.8 Å². The minimum absolute atomic E-state index is 0.237. The zero-order valence-corrected chi connectivity index (χ0v) is 21.2. The van der Waals surface area contributed by atoms with Gasteiger partial charge in [-0.1, -0.05) is 12.1 Å². The summed E-state index contributed by atoms with van der Waals surface area (Å²) >= 11 is 0. The van der Waals surface area contributed by atoms with Gasteiger partial charge in [-0.3, -0.25) is 4.79 Å². The van der Waals surface area contributed by atoms with Gasteiger partial charge in [0.15, 0.2) is 23.9 Å². The molecule has 7 nitrogen and oxygen atoms in total. The van der Waals surface area contributed by atoms with Crippen LogP contribution in [0.5, 0.6) is 23.0 Å². The molecular formula is C27H34O7. The van der Waals surface area contributed by atoms with Crippen molar-refractivity contribution in [1.82, 2.24) is 0 Å². The minimum Gasteiger partial charge on any atom is -0.493 e. The number of hydrogen-bond acceptors (Lipinski definition) is 7. The van der Waals surface area contributed by atoms with E-state index in [1.54, 1.807) is 77.5 Å². The van der Waals surface area contributed by atoms with Crippen LogP contribution in [0.2, 0.25) is 0 Å². The molecule has 0 fully saturated rings. The van der Waals surface area contributed by atoms with Crippen molar-refractivity contribution in [3.63, 3.8) is 0 Å². The van der Waals surface area contributed by atoms with E-state index in [-0.39, 0.29) is 12.4 Å². The lowest BCUT2D eigenvalue weighted by molar-refractivity contribution is -0.157. The molecule has 2 aromatic carbocycles. The zero-order valence-electron chi connectivity index (χ0n) is 21.2. The van der Waals surface area contributed by atoms with Gasteiger partial charge < -0.3 is 23.7 Å². The van der Waals surface area contributed by atoms with Crippen molar-refractivity contribution in [2.45, 2.75) is 52.7 Å². The van der Waals surface area contributed by atoms with E-state index in [2.05, 4.69) is 0 Å². The maximum absolute atomic E-state index is 12.8. The molecule has 0 saturated carbocycles. The van der Waals surface area contributed by atoms with Crippen molar-refractivity contribution in [3.8, 4) is 23.0 Å². The Labute approximate surface area is 201 Å². The van der Waals surface area contributed by atoms with E-state index in [4.69, 9.17) is 23.7 Å². The lowest BCUT2D eigenvalue weighted by Crippen LogP contribution is -2.27. The second-order valence-corrected chi connectivity index (χ2v) is 9.56. The first kappa shape index (κ1) is 26.8. The molecule has 34 heavy (non-hydrogen) atoms. The fourth-order valence-electron chi connectivity index (χ4n) is 2.94. The van der Waals surface area contributed by atoms with Gasteiger partial charge in [0.05, 0.1) is 14.2 Å². The standard InChI is InChI=1S/C27H34O7/c1-26(2,3)33-22-16-24(31-8)23(30-7)15-19(22)12-13-21(28)18-10-9-11-20(14-18)32-17-25(29)34-27(4,5)6/h9-16H,17H2,1-8H3/b13-12+. The summed E-state index contributed by atoms with van der Waals surface area (Å²) in [7, 11) is 3.10. The summed E-state index contributed by atoms with van der Waals surface area (Å²) < 4.78 is 27.6. The minimum atomic E-state index is -0.594. The van der Waals surface area contributed by atoms with Crippen LogP contribution < -0.4 is 18.9 Å². The molecule has 0 aliphatic rings. The maximum Gasteiger partial charge on any atom is 0.344 e. The van der Waals surface area contributed by atoms with Crippen LogP contribution in [0, 0.1) is 0 Å². The Kier molecular flexibility index (Phi) is 8.74. The molecule has 0 heterocycles. The van der Waals surface area contributed by atoms with Gasteiger partial charge in [0.1, 0.15) is 22.7 Å². The van der Waals surface area contributed by atoms with Crippen LogP contribution in [-0.2, 0) is 9.53 Å². The van der Waals surface area contributed by atoms with Crippen molar-refractivity contribution >= 4 is 17.8 Å². The topological polar surface area (TPSA) is 80.3 Å². The van der Waals surface area contributed by atoms with Crippen LogP contribution in [0.3, 0.4) is 0 Å². The van der Waals surface area contributed by atoms with Gasteiger partial charge in [-0.2, -0.15) is 0 Å². The van der Waals surface area contributed by atoms with Crippen molar-refractivity contribution in [2.24, 2.45) is 0 Å². The van der Waals surface area contributed by atoms with Crippen LogP contribution in [0.1, 0.15) is 57.5 Å². The van der Waals surface area contributed by atoms with E-state index in [9.17, 15) is 9.59 Å². The SMILES string of the molecule is COc1cc(/C=C/C(=O)c2cccc(OCC(=O)OC(C)(C)C)c2)c(OC(C)(C)C)cc1OC. The third kappa shape index (κ3) is 8.46. The van der Waals surface area contributed by atoms with Crippen molar-refractivity contribution in [2.75, 3.05) is 20.8 Å². The molecule has 0 saturated heterocycles. The molecule has 0 unspecified atom stereocenters. The van der Waals surface area contributed by atoms with Crippen LogP contribution >= 0.6 is 0 Å². The Bertz CT molecular complexity index is 1040. The second kappa shape index (κ2) is 11.1. The highest BCUT2D eigenvalue weighted by Gasteiger charge is 2.18. The fourth-order valence-corrected chi connectivity index (χ4v) is 2.94. The third-order valence-electron chi connectivity index (χ3n) is 4.24. The van der Waals surface area contributed by atoms with E-state index >= 15 is 0 Å². The molecule has 0 aromatic heterocycles. The molecule has 0 radical (unpaired) electrons. The Morgan fingerprint density at radius 2 is 1.50 bits per heavy atom. The molecule has 0 atom stereocenters. The molecule has 7 heteroatoms. The number of carbonyl (C=O) groups excluding carboxylic acids is 2. The lowest BCUT2D eigenvalue weighted by Gasteiger charge is -2.23. The summed E-state index contributed by atoms with van der Waals surface area (Å²) in [6.45, 7) is 10.9. The van der Waals surface area contributed by atoms with Crippen molar-refractivity contribution in [3.05, 3.63) is 53.6 Å². The number of carbonyl (C=O) groups is 2. The van der Waals surface area contributed by atoms with E-state index in [0.717, 1.165) is 0 Å². The first-order valence-corrected chi connectivity index (χ1v) is 10.9. The lowest BCUT2D eigenvalue weighted by atomic mass is 10.1. The fraction of sp³-hybridized carbons (Fsp3) is 0.407. The van der Waals surface area contributed by atoms with Gasteiger partial charge in [-0.15, -0.1) is 0 Å². The molecule has 2 aromatic rings. The Morgan fingerprint density at radius 3 is 2.09 bits per heavy atom. The summed E-state index contributed by atoms with van der Waals surface area (Å²) in [6.07, 6.45) is 3.11. The summed E-state index contributed by atoms with van der Waals surface area (Å²) in [5.74, 6) is 1.29. The van der Waals surface area contributed by atoms with Crippen LogP contribution in [0.4, 0.5) is 0 Å². The maximum atomic E-state index is 12.8. The highest BCUT2D eigenvalue weighted by molar-refractivity contribution is 6.07. The summed E-state index contributed by atoms with van der Waals surface area (Å²) in [5.41, 5.74) is 0.0318. The number of hydrogen-bond donors (Lipinski definition) is 0. The number of benzene rings is 2. The largest absolute Gasteiger partial charge is 0.493 e. The average molecular weight is 471 g/mol. The third-order valence-corrected chi connectivity index (χ3v) is 4.24. The molecular weight excluding hydrogens is 436 g/mol. The zero-order chi connectivity index (χ0) is 25.5. The first-order chi connectivity index (χ1) is 15.8. The molecule has 0 aliphatic heterocycles. The molecule has 0 aliphatic carbocycles. The van der Waals surface area contributed by atoms with Gasteiger partial charge in [-0.25, -0.2) is 4.79 Å². The van der Waals surface area contributed by atoms with Gasteiger partial charge in [0.25, 0.3) is 0 Å². The van der Waals surface area contributed by atoms with Crippen molar-refractivity contribution in [1.29, 1.82) is 0 Å². The quantitative estimate of drug-likeness (QED) is 0.272. The van der Waals surface area contributed by atoms with E-state index in [0.29, 0.717) is 34.1 Å². The summed E-state index contributed by atoms with van der Waals surface area (Å²) in [6, 6.07) is 10.1. The van der Waals surface area contributed by atoms with E-state index < -0.39 is 17.2 Å². The number of esters is 1. The molecule has 0 amide bonds. The molecule has 0 bridgehead atoms. The number of rotatable bonds is 9. The smallest absolute Gasteiger partial charge is 0.344 e. The number of ether oxygens (including phenoxy) is 5.